The lowest BCUT2D eigenvalue weighted by molar-refractivity contribution is -0.137. The van der Waals surface area contributed by atoms with Gasteiger partial charge in [0, 0.05) is 35.8 Å². The van der Waals surface area contributed by atoms with E-state index >= 15 is 0 Å². The van der Waals surface area contributed by atoms with Crippen LogP contribution in [0.15, 0.2) is 78.2 Å². The number of carboxylic acids is 1. The summed E-state index contributed by atoms with van der Waals surface area (Å²) >= 11 is 1.43. The summed E-state index contributed by atoms with van der Waals surface area (Å²) in [5.74, 6) is -0.369. The van der Waals surface area contributed by atoms with Gasteiger partial charge in [-0.05, 0) is 65.6 Å². The van der Waals surface area contributed by atoms with Gasteiger partial charge in [-0.2, -0.15) is 0 Å². The molecule has 7 heteroatoms. The SMILES string of the molecule is CCCC(CCC)c1ccc(CN(C)c2ccc(-c3csc(CN(CC(=O)O)C(=O)c4ccc(C(C)C)cc4)n3)cc2)cc1. The van der Waals surface area contributed by atoms with Gasteiger partial charge in [0.2, 0.25) is 0 Å². The van der Waals surface area contributed by atoms with Gasteiger partial charge in [-0.15, -0.1) is 11.3 Å². The van der Waals surface area contributed by atoms with Crippen molar-refractivity contribution < 1.29 is 14.7 Å². The van der Waals surface area contributed by atoms with Gasteiger partial charge in [-0.1, -0.05) is 89.1 Å². The first-order valence-corrected chi connectivity index (χ1v) is 16.5. The van der Waals surface area contributed by atoms with Crippen LogP contribution in [0.3, 0.4) is 0 Å². The predicted octanol–water partition coefficient (Wildman–Crippen LogP) is 8.98. The average Bonchev–Trinajstić information content (AvgIpc) is 3.49. The summed E-state index contributed by atoms with van der Waals surface area (Å²) < 4.78 is 0. The Morgan fingerprint density at radius 1 is 0.841 bits per heavy atom. The highest BCUT2D eigenvalue weighted by Crippen LogP contribution is 2.28. The molecular formula is C37H45N3O3S. The molecule has 1 N–H and O–H groups in total. The number of hydrogen-bond acceptors (Lipinski definition) is 5. The van der Waals surface area contributed by atoms with E-state index in [2.05, 4.69) is 88.2 Å². The molecule has 0 aliphatic rings. The molecule has 4 rings (SSSR count). The third kappa shape index (κ3) is 8.79. The van der Waals surface area contributed by atoms with E-state index in [4.69, 9.17) is 4.98 Å². The average molecular weight is 612 g/mol. The molecule has 1 aromatic heterocycles. The molecule has 1 amide bonds. The zero-order chi connectivity index (χ0) is 31.6. The number of benzene rings is 3. The van der Waals surface area contributed by atoms with E-state index < -0.39 is 5.97 Å². The number of anilines is 1. The van der Waals surface area contributed by atoms with Crippen molar-refractivity contribution in [2.24, 2.45) is 0 Å². The summed E-state index contributed by atoms with van der Waals surface area (Å²) in [4.78, 5) is 33.1. The number of nitrogens with zero attached hydrogens (tertiary/aromatic N) is 3. The molecule has 1 heterocycles. The summed E-state index contributed by atoms with van der Waals surface area (Å²) in [7, 11) is 2.10. The van der Waals surface area contributed by atoms with Crippen LogP contribution in [0.4, 0.5) is 5.69 Å². The molecule has 44 heavy (non-hydrogen) atoms. The second kappa shape index (κ2) is 15.7. The molecule has 0 unspecified atom stereocenters. The highest BCUT2D eigenvalue weighted by Gasteiger charge is 2.21. The van der Waals surface area contributed by atoms with Gasteiger partial charge in [0.05, 0.1) is 12.2 Å². The Hall–Kier alpha value is -3.97. The molecule has 6 nitrogen and oxygen atoms in total. The molecule has 0 bridgehead atoms. The maximum atomic E-state index is 13.2. The first-order valence-electron chi connectivity index (χ1n) is 15.6. The van der Waals surface area contributed by atoms with Gasteiger partial charge in [0.1, 0.15) is 11.6 Å². The minimum atomic E-state index is -1.05. The van der Waals surface area contributed by atoms with Gasteiger partial charge < -0.3 is 14.9 Å². The summed E-state index contributed by atoms with van der Waals surface area (Å²) in [6.07, 6.45) is 4.91. The molecule has 4 aromatic rings. The van der Waals surface area contributed by atoms with Crippen LogP contribution in [-0.2, 0) is 17.9 Å². The predicted molar refractivity (Wildman–Crippen MR) is 182 cm³/mol. The van der Waals surface area contributed by atoms with Crippen molar-refractivity contribution in [3.05, 3.63) is 105 Å². The topological polar surface area (TPSA) is 73.7 Å². The van der Waals surface area contributed by atoms with Crippen LogP contribution < -0.4 is 4.90 Å². The summed E-state index contributed by atoms with van der Waals surface area (Å²) in [5, 5.41) is 12.1. The fourth-order valence-electron chi connectivity index (χ4n) is 5.56. The maximum Gasteiger partial charge on any atom is 0.323 e. The third-order valence-corrected chi connectivity index (χ3v) is 8.90. The maximum absolute atomic E-state index is 13.2. The molecule has 0 atom stereocenters. The molecule has 0 aliphatic heterocycles. The number of carbonyl (C=O) groups is 2. The lowest BCUT2D eigenvalue weighted by Gasteiger charge is -2.21. The molecule has 0 spiro atoms. The lowest BCUT2D eigenvalue weighted by atomic mass is 9.90. The number of thiazole rings is 1. The standard InChI is InChI=1S/C37H45N3O3S/c1-6-8-29(9-7-2)30-12-10-27(11-13-30)22-39(5)33-20-18-31(19-21-33)34-25-44-35(38-34)23-40(24-36(41)42)37(43)32-16-14-28(15-17-32)26(3)4/h10-21,25-26,29H,6-9,22-24H2,1-5H3,(H,41,42). The fraction of sp³-hybridized carbons (Fsp3) is 0.378. The molecule has 0 fully saturated rings. The molecule has 0 saturated heterocycles. The van der Waals surface area contributed by atoms with Crippen molar-refractivity contribution in [3.8, 4) is 11.3 Å². The number of carbonyl (C=O) groups excluding carboxylic acids is 1. The molecule has 3 aromatic carbocycles. The van der Waals surface area contributed by atoms with Crippen LogP contribution in [0, 0.1) is 0 Å². The van der Waals surface area contributed by atoms with Gasteiger partial charge >= 0.3 is 5.97 Å². The van der Waals surface area contributed by atoms with Crippen molar-refractivity contribution in [1.82, 2.24) is 9.88 Å². The van der Waals surface area contributed by atoms with Gasteiger partial charge in [0.15, 0.2) is 0 Å². The van der Waals surface area contributed by atoms with Crippen LogP contribution >= 0.6 is 11.3 Å². The van der Waals surface area contributed by atoms with E-state index in [1.807, 2.05) is 17.5 Å². The van der Waals surface area contributed by atoms with E-state index in [-0.39, 0.29) is 19.0 Å². The Morgan fingerprint density at radius 3 is 2.02 bits per heavy atom. The molecular weight excluding hydrogens is 566 g/mol. The highest BCUT2D eigenvalue weighted by molar-refractivity contribution is 7.09. The largest absolute Gasteiger partial charge is 0.480 e. The number of aliphatic carboxylic acids is 1. The van der Waals surface area contributed by atoms with E-state index in [1.54, 1.807) is 12.1 Å². The Kier molecular flexibility index (Phi) is 11.7. The molecule has 0 aliphatic carbocycles. The minimum absolute atomic E-state index is 0.138. The zero-order valence-electron chi connectivity index (χ0n) is 26.6. The van der Waals surface area contributed by atoms with E-state index in [0.29, 0.717) is 22.4 Å². The fourth-order valence-corrected chi connectivity index (χ4v) is 6.37. The molecule has 0 saturated carbocycles. The normalized spacial score (nSPS) is 11.2. The van der Waals surface area contributed by atoms with Crippen LogP contribution in [0.25, 0.3) is 11.3 Å². The van der Waals surface area contributed by atoms with Crippen molar-refractivity contribution in [2.45, 2.75) is 78.3 Å². The summed E-state index contributed by atoms with van der Waals surface area (Å²) in [6.45, 7) is 9.28. The number of rotatable bonds is 15. The van der Waals surface area contributed by atoms with Crippen molar-refractivity contribution in [3.63, 3.8) is 0 Å². The van der Waals surface area contributed by atoms with Crippen LogP contribution in [0.2, 0.25) is 0 Å². The number of carboxylic acid groups (broad SMARTS) is 1. The zero-order valence-corrected chi connectivity index (χ0v) is 27.4. The smallest absolute Gasteiger partial charge is 0.323 e. The quantitative estimate of drug-likeness (QED) is 0.145. The Balaban J connectivity index is 1.40. The first kappa shape index (κ1) is 32.9. The summed E-state index contributed by atoms with van der Waals surface area (Å²) in [6, 6.07) is 24.8. The van der Waals surface area contributed by atoms with Crippen molar-refractivity contribution in [2.75, 3.05) is 18.5 Å². The van der Waals surface area contributed by atoms with Gasteiger partial charge in [0.25, 0.3) is 5.91 Å². The van der Waals surface area contributed by atoms with Gasteiger partial charge in [-0.25, -0.2) is 4.98 Å². The summed E-state index contributed by atoms with van der Waals surface area (Å²) in [5.41, 5.74) is 7.24. The second-order valence-corrected chi connectivity index (χ2v) is 12.8. The third-order valence-electron chi connectivity index (χ3n) is 8.06. The molecule has 232 valence electrons. The van der Waals surface area contributed by atoms with Crippen LogP contribution in [0.5, 0.6) is 0 Å². The Labute approximate surface area is 266 Å². The van der Waals surface area contributed by atoms with Crippen LogP contribution in [-0.4, -0.2) is 40.5 Å². The number of aromatic nitrogens is 1. The Morgan fingerprint density at radius 2 is 1.45 bits per heavy atom. The van der Waals surface area contributed by atoms with E-state index in [0.717, 1.165) is 29.1 Å². The monoisotopic (exact) mass is 611 g/mol. The Bertz CT molecular complexity index is 1490. The van der Waals surface area contributed by atoms with Crippen molar-refractivity contribution in [1.29, 1.82) is 0 Å². The van der Waals surface area contributed by atoms with Gasteiger partial charge in [-0.3, -0.25) is 9.59 Å². The number of amides is 1. The molecule has 0 radical (unpaired) electrons. The lowest BCUT2D eigenvalue weighted by Crippen LogP contribution is -2.35. The van der Waals surface area contributed by atoms with E-state index in [1.165, 1.54) is 53.0 Å². The highest BCUT2D eigenvalue weighted by atomic mass is 32.1. The number of hydrogen-bond donors (Lipinski definition) is 1. The minimum Gasteiger partial charge on any atom is -0.480 e. The van der Waals surface area contributed by atoms with Crippen molar-refractivity contribution >= 4 is 28.9 Å². The first-order chi connectivity index (χ1) is 21.2. The van der Waals surface area contributed by atoms with E-state index in [9.17, 15) is 14.7 Å². The second-order valence-electron chi connectivity index (χ2n) is 11.9. The van der Waals surface area contributed by atoms with Crippen LogP contribution in [0.1, 0.15) is 97.3 Å².